The van der Waals surface area contributed by atoms with Crippen LogP contribution in [0.2, 0.25) is 5.02 Å². The molecule has 1 aliphatic heterocycles. The fraction of sp³-hybridized carbons (Fsp3) is 0.294. The predicted molar refractivity (Wildman–Crippen MR) is 88.1 cm³/mol. The van der Waals surface area contributed by atoms with Crippen molar-refractivity contribution in [1.82, 2.24) is 14.8 Å². The summed E-state index contributed by atoms with van der Waals surface area (Å²) in [7, 11) is 2.07. The lowest BCUT2D eigenvalue weighted by Gasteiger charge is -2.32. The van der Waals surface area contributed by atoms with Gasteiger partial charge in [0, 0.05) is 49.2 Å². The van der Waals surface area contributed by atoms with Gasteiger partial charge in [-0.2, -0.15) is 0 Å². The van der Waals surface area contributed by atoms with Crippen LogP contribution in [-0.2, 0) is 0 Å². The van der Waals surface area contributed by atoms with Gasteiger partial charge in [0.1, 0.15) is 0 Å². The van der Waals surface area contributed by atoms with Gasteiger partial charge in [-0.3, -0.25) is 9.78 Å². The number of carbonyl (C=O) groups excluding carboxylic acids is 1. The standard InChI is InChI=1S/C17H18ClN3O/c1-20-6-8-21(9-7-20)17(22)15-10-14(11-19-12-15)13-2-4-16(18)5-3-13/h2-5,10-12H,6-9H2,1H3. The van der Waals surface area contributed by atoms with E-state index in [1.165, 1.54) is 0 Å². The number of halogens is 1. The molecule has 0 bridgehead atoms. The molecule has 0 radical (unpaired) electrons. The number of hydrogen-bond donors (Lipinski definition) is 0. The van der Waals surface area contributed by atoms with Crippen molar-refractivity contribution >= 4 is 17.5 Å². The maximum absolute atomic E-state index is 12.6. The first kappa shape index (κ1) is 15.0. The molecule has 0 N–H and O–H groups in total. The largest absolute Gasteiger partial charge is 0.336 e. The highest BCUT2D eigenvalue weighted by Crippen LogP contribution is 2.22. The van der Waals surface area contributed by atoms with Gasteiger partial charge in [0.05, 0.1) is 5.56 Å². The Bertz CT molecular complexity index is 664. The summed E-state index contributed by atoms with van der Waals surface area (Å²) < 4.78 is 0. The lowest BCUT2D eigenvalue weighted by molar-refractivity contribution is 0.0663. The molecule has 1 amide bonds. The van der Waals surface area contributed by atoms with E-state index in [1.807, 2.05) is 35.2 Å². The summed E-state index contributed by atoms with van der Waals surface area (Å²) in [5.74, 6) is 0.0522. The Labute approximate surface area is 135 Å². The fourth-order valence-electron chi connectivity index (χ4n) is 2.55. The summed E-state index contributed by atoms with van der Waals surface area (Å²) in [4.78, 5) is 20.9. The number of amides is 1. The van der Waals surface area contributed by atoms with Gasteiger partial charge in [0.2, 0.25) is 0 Å². The number of carbonyl (C=O) groups is 1. The molecular formula is C17H18ClN3O. The summed E-state index contributed by atoms with van der Waals surface area (Å²) in [6.45, 7) is 3.35. The summed E-state index contributed by atoms with van der Waals surface area (Å²) >= 11 is 5.91. The molecule has 22 heavy (non-hydrogen) atoms. The molecule has 0 spiro atoms. The summed E-state index contributed by atoms with van der Waals surface area (Å²) in [5.41, 5.74) is 2.57. The summed E-state index contributed by atoms with van der Waals surface area (Å²) in [6.07, 6.45) is 3.41. The molecule has 4 nitrogen and oxygen atoms in total. The van der Waals surface area contributed by atoms with E-state index in [9.17, 15) is 4.79 Å². The molecule has 1 saturated heterocycles. The highest BCUT2D eigenvalue weighted by molar-refractivity contribution is 6.30. The minimum Gasteiger partial charge on any atom is -0.336 e. The summed E-state index contributed by atoms with van der Waals surface area (Å²) in [5, 5.41) is 0.696. The number of likely N-dealkylation sites (N-methyl/N-ethyl adjacent to an activating group) is 1. The van der Waals surface area contributed by atoms with Gasteiger partial charge < -0.3 is 9.80 Å². The van der Waals surface area contributed by atoms with Crippen LogP contribution in [0.1, 0.15) is 10.4 Å². The number of piperazine rings is 1. The number of pyridine rings is 1. The third kappa shape index (κ3) is 3.29. The molecule has 1 aromatic heterocycles. The van der Waals surface area contributed by atoms with Crippen molar-refractivity contribution in [2.75, 3.05) is 33.2 Å². The molecule has 0 aliphatic carbocycles. The second-order valence-electron chi connectivity index (χ2n) is 5.56. The third-order valence-electron chi connectivity index (χ3n) is 3.95. The van der Waals surface area contributed by atoms with E-state index in [1.54, 1.807) is 12.4 Å². The normalized spacial score (nSPS) is 15.8. The fourth-order valence-corrected chi connectivity index (χ4v) is 2.68. The van der Waals surface area contributed by atoms with Gasteiger partial charge in [-0.1, -0.05) is 23.7 Å². The van der Waals surface area contributed by atoms with Gasteiger partial charge >= 0.3 is 0 Å². The molecule has 5 heteroatoms. The monoisotopic (exact) mass is 315 g/mol. The lowest BCUT2D eigenvalue weighted by Crippen LogP contribution is -2.47. The number of benzene rings is 1. The van der Waals surface area contributed by atoms with E-state index < -0.39 is 0 Å². The second-order valence-corrected chi connectivity index (χ2v) is 6.00. The highest BCUT2D eigenvalue weighted by Gasteiger charge is 2.20. The first-order valence-corrected chi connectivity index (χ1v) is 7.70. The van der Waals surface area contributed by atoms with Crippen LogP contribution < -0.4 is 0 Å². The molecule has 1 aliphatic rings. The molecule has 1 fully saturated rings. The van der Waals surface area contributed by atoms with Crippen LogP contribution in [0.4, 0.5) is 0 Å². The van der Waals surface area contributed by atoms with Crippen molar-refractivity contribution < 1.29 is 4.79 Å². The predicted octanol–water partition coefficient (Wildman–Crippen LogP) is 2.79. The zero-order valence-electron chi connectivity index (χ0n) is 12.5. The van der Waals surface area contributed by atoms with Crippen molar-refractivity contribution in [1.29, 1.82) is 0 Å². The van der Waals surface area contributed by atoms with Crippen molar-refractivity contribution in [3.63, 3.8) is 0 Å². The Kier molecular flexibility index (Phi) is 4.41. The van der Waals surface area contributed by atoms with Crippen molar-refractivity contribution in [2.45, 2.75) is 0 Å². The quantitative estimate of drug-likeness (QED) is 0.855. The zero-order chi connectivity index (χ0) is 15.5. The van der Waals surface area contributed by atoms with Gasteiger partial charge in [-0.15, -0.1) is 0 Å². The smallest absolute Gasteiger partial charge is 0.255 e. The van der Waals surface area contributed by atoms with Gasteiger partial charge in [-0.05, 0) is 30.8 Å². The van der Waals surface area contributed by atoms with Crippen LogP contribution in [-0.4, -0.2) is 53.9 Å². The number of hydrogen-bond acceptors (Lipinski definition) is 3. The second kappa shape index (κ2) is 6.46. The van der Waals surface area contributed by atoms with Crippen LogP contribution >= 0.6 is 11.6 Å². The van der Waals surface area contributed by atoms with Gasteiger partial charge in [0.25, 0.3) is 5.91 Å². The van der Waals surface area contributed by atoms with Crippen LogP contribution in [0.3, 0.4) is 0 Å². The van der Waals surface area contributed by atoms with E-state index in [-0.39, 0.29) is 5.91 Å². The van der Waals surface area contributed by atoms with Crippen molar-refractivity contribution in [2.24, 2.45) is 0 Å². The first-order valence-electron chi connectivity index (χ1n) is 7.32. The SMILES string of the molecule is CN1CCN(C(=O)c2cncc(-c3ccc(Cl)cc3)c2)CC1. The summed E-state index contributed by atoms with van der Waals surface area (Å²) in [6, 6.07) is 9.45. The molecule has 3 rings (SSSR count). The van der Waals surface area contributed by atoms with Crippen LogP contribution in [0.25, 0.3) is 11.1 Å². The van der Waals surface area contributed by atoms with E-state index in [2.05, 4.69) is 16.9 Å². The number of aromatic nitrogens is 1. The topological polar surface area (TPSA) is 36.4 Å². The highest BCUT2D eigenvalue weighted by atomic mass is 35.5. The number of rotatable bonds is 2. The minimum absolute atomic E-state index is 0.0522. The van der Waals surface area contributed by atoms with Gasteiger partial charge in [0.15, 0.2) is 0 Å². The Morgan fingerprint density at radius 2 is 1.73 bits per heavy atom. The maximum atomic E-state index is 12.6. The minimum atomic E-state index is 0.0522. The number of nitrogens with zero attached hydrogens (tertiary/aromatic N) is 3. The Balaban J connectivity index is 1.81. The van der Waals surface area contributed by atoms with Crippen molar-refractivity contribution in [3.8, 4) is 11.1 Å². The van der Waals surface area contributed by atoms with E-state index in [0.29, 0.717) is 10.6 Å². The molecule has 2 heterocycles. The first-order chi connectivity index (χ1) is 10.6. The Hall–Kier alpha value is -1.91. The lowest BCUT2D eigenvalue weighted by atomic mass is 10.1. The van der Waals surface area contributed by atoms with Gasteiger partial charge in [-0.25, -0.2) is 0 Å². The van der Waals surface area contributed by atoms with E-state index in [4.69, 9.17) is 11.6 Å². The zero-order valence-corrected chi connectivity index (χ0v) is 13.3. The molecular weight excluding hydrogens is 298 g/mol. The molecule has 114 valence electrons. The molecule has 0 unspecified atom stereocenters. The van der Waals surface area contributed by atoms with E-state index >= 15 is 0 Å². The Morgan fingerprint density at radius 1 is 1.05 bits per heavy atom. The third-order valence-corrected chi connectivity index (χ3v) is 4.21. The van der Waals surface area contributed by atoms with Crippen LogP contribution in [0, 0.1) is 0 Å². The average Bonchev–Trinajstić information content (AvgIpc) is 2.56. The molecule has 0 saturated carbocycles. The Morgan fingerprint density at radius 3 is 2.41 bits per heavy atom. The van der Waals surface area contributed by atoms with Crippen LogP contribution in [0.5, 0.6) is 0 Å². The maximum Gasteiger partial charge on any atom is 0.255 e. The van der Waals surface area contributed by atoms with E-state index in [0.717, 1.165) is 37.3 Å². The van der Waals surface area contributed by atoms with Crippen molar-refractivity contribution in [3.05, 3.63) is 53.3 Å². The van der Waals surface area contributed by atoms with Crippen LogP contribution in [0.15, 0.2) is 42.7 Å². The molecule has 2 aromatic rings. The molecule has 1 aromatic carbocycles. The molecule has 0 atom stereocenters. The average molecular weight is 316 g/mol.